The second-order valence-electron chi connectivity index (χ2n) is 8.21. The summed E-state index contributed by atoms with van der Waals surface area (Å²) in [6.45, 7) is 1.41. The highest BCUT2D eigenvalue weighted by atomic mass is 32.2. The van der Waals surface area contributed by atoms with Crippen molar-refractivity contribution < 1.29 is 32.0 Å². The molecule has 2 aliphatic heterocycles. The highest BCUT2D eigenvalue weighted by Gasteiger charge is 2.30. The SMILES string of the molecule is O=C(COC(=O)C1CCN(C(=O)c2ccco2)CC1)c1ccc(S(=O)(=O)N2CCCC2)cc1. The number of hydrogen-bond donors (Lipinski definition) is 0. The number of amides is 1. The number of benzene rings is 1. The van der Waals surface area contributed by atoms with Crippen molar-refractivity contribution in [2.75, 3.05) is 32.8 Å². The first kappa shape index (κ1) is 23.2. The molecule has 1 amide bonds. The maximum atomic E-state index is 12.6. The van der Waals surface area contributed by atoms with E-state index in [0.29, 0.717) is 39.0 Å². The summed E-state index contributed by atoms with van der Waals surface area (Å²) in [5.41, 5.74) is 0.280. The average Bonchev–Trinajstić information content (AvgIpc) is 3.57. The summed E-state index contributed by atoms with van der Waals surface area (Å²) in [5, 5.41) is 0. The normalized spacial score (nSPS) is 17.8. The molecular weight excluding hydrogens is 448 g/mol. The molecule has 2 fully saturated rings. The van der Waals surface area contributed by atoms with Crippen LogP contribution >= 0.6 is 0 Å². The van der Waals surface area contributed by atoms with Gasteiger partial charge >= 0.3 is 5.97 Å². The van der Waals surface area contributed by atoms with Gasteiger partial charge in [0.15, 0.2) is 18.2 Å². The molecule has 2 saturated heterocycles. The zero-order chi connectivity index (χ0) is 23.4. The minimum atomic E-state index is -3.54. The Morgan fingerprint density at radius 2 is 1.64 bits per heavy atom. The summed E-state index contributed by atoms with van der Waals surface area (Å²) in [6, 6.07) is 8.95. The van der Waals surface area contributed by atoms with Crippen LogP contribution < -0.4 is 0 Å². The Balaban J connectivity index is 1.26. The topological polar surface area (TPSA) is 114 Å². The van der Waals surface area contributed by atoms with E-state index in [0.717, 1.165) is 12.8 Å². The van der Waals surface area contributed by atoms with Gasteiger partial charge in [0.2, 0.25) is 10.0 Å². The lowest BCUT2D eigenvalue weighted by molar-refractivity contribution is -0.148. The molecule has 0 spiro atoms. The Labute approximate surface area is 192 Å². The zero-order valence-electron chi connectivity index (χ0n) is 18.1. The molecule has 0 radical (unpaired) electrons. The van der Waals surface area contributed by atoms with Crippen molar-refractivity contribution in [3.8, 4) is 0 Å². The number of carbonyl (C=O) groups is 3. The predicted octanol–water partition coefficient (Wildman–Crippen LogP) is 2.34. The summed E-state index contributed by atoms with van der Waals surface area (Å²) in [5.74, 6) is -1.20. The molecule has 3 heterocycles. The molecule has 1 aromatic carbocycles. The van der Waals surface area contributed by atoms with Crippen molar-refractivity contribution in [3.05, 3.63) is 54.0 Å². The molecule has 0 bridgehead atoms. The summed E-state index contributed by atoms with van der Waals surface area (Å²) < 4.78 is 36.9. The lowest BCUT2D eigenvalue weighted by Crippen LogP contribution is -2.40. The van der Waals surface area contributed by atoms with Crippen molar-refractivity contribution in [2.24, 2.45) is 5.92 Å². The van der Waals surface area contributed by atoms with Gasteiger partial charge in [-0.2, -0.15) is 4.31 Å². The third-order valence-electron chi connectivity index (χ3n) is 6.07. The second kappa shape index (κ2) is 9.88. The molecule has 2 aliphatic rings. The number of furan rings is 1. The fourth-order valence-electron chi connectivity index (χ4n) is 4.10. The van der Waals surface area contributed by atoms with E-state index in [1.54, 1.807) is 17.0 Å². The number of piperidine rings is 1. The van der Waals surface area contributed by atoms with Gasteiger partial charge in [0.25, 0.3) is 5.91 Å². The third-order valence-corrected chi connectivity index (χ3v) is 7.98. The van der Waals surface area contributed by atoms with Crippen LogP contribution in [0.15, 0.2) is 52.0 Å². The number of ether oxygens (including phenoxy) is 1. The van der Waals surface area contributed by atoms with Gasteiger partial charge in [-0.15, -0.1) is 0 Å². The Morgan fingerprint density at radius 3 is 2.24 bits per heavy atom. The Hall–Kier alpha value is -2.98. The summed E-state index contributed by atoms with van der Waals surface area (Å²) in [4.78, 5) is 38.9. The molecule has 33 heavy (non-hydrogen) atoms. The first-order valence-corrected chi connectivity index (χ1v) is 12.4. The van der Waals surface area contributed by atoms with Crippen LogP contribution in [0.5, 0.6) is 0 Å². The highest BCUT2D eigenvalue weighted by Crippen LogP contribution is 2.22. The first-order chi connectivity index (χ1) is 15.9. The molecular formula is C23H26N2O7S. The number of nitrogens with zero attached hydrogens (tertiary/aromatic N) is 2. The number of Topliss-reactive ketones (excluding diaryl/α,β-unsaturated/α-hetero) is 1. The minimum absolute atomic E-state index is 0.147. The van der Waals surface area contributed by atoms with Gasteiger partial charge in [-0.25, -0.2) is 8.42 Å². The molecule has 10 heteroatoms. The standard InChI is InChI=1S/C23H26N2O7S/c26-20(17-5-7-19(8-6-17)33(29,30)25-11-1-2-12-25)16-32-23(28)18-9-13-24(14-10-18)22(27)21-4-3-15-31-21/h3-8,15,18H,1-2,9-14,16H2. The highest BCUT2D eigenvalue weighted by molar-refractivity contribution is 7.89. The molecule has 0 unspecified atom stereocenters. The van der Waals surface area contributed by atoms with E-state index in [1.165, 1.54) is 34.8 Å². The molecule has 1 aromatic heterocycles. The van der Waals surface area contributed by atoms with E-state index in [4.69, 9.17) is 9.15 Å². The summed E-state index contributed by atoms with van der Waals surface area (Å²) in [7, 11) is -3.54. The fourth-order valence-corrected chi connectivity index (χ4v) is 5.62. The summed E-state index contributed by atoms with van der Waals surface area (Å²) in [6.07, 6.45) is 4.03. The predicted molar refractivity (Wildman–Crippen MR) is 117 cm³/mol. The monoisotopic (exact) mass is 474 g/mol. The van der Waals surface area contributed by atoms with Crippen molar-refractivity contribution in [1.82, 2.24) is 9.21 Å². The van der Waals surface area contributed by atoms with Crippen LogP contribution in [0.4, 0.5) is 0 Å². The fraction of sp³-hybridized carbons (Fsp3) is 0.435. The van der Waals surface area contributed by atoms with Crippen LogP contribution in [0, 0.1) is 5.92 Å². The van der Waals surface area contributed by atoms with Crippen LogP contribution in [0.2, 0.25) is 0 Å². The Kier molecular flexibility index (Phi) is 6.94. The van der Waals surface area contributed by atoms with Crippen LogP contribution in [-0.2, 0) is 19.6 Å². The van der Waals surface area contributed by atoms with Gasteiger partial charge in [-0.3, -0.25) is 14.4 Å². The number of sulfonamides is 1. The van der Waals surface area contributed by atoms with Gasteiger partial charge in [-0.05, 0) is 62.1 Å². The molecule has 0 aliphatic carbocycles. The van der Waals surface area contributed by atoms with Gasteiger partial charge in [-0.1, -0.05) is 0 Å². The smallest absolute Gasteiger partial charge is 0.309 e. The quantitative estimate of drug-likeness (QED) is 0.447. The number of carbonyl (C=O) groups excluding carboxylic acids is 3. The van der Waals surface area contributed by atoms with Crippen LogP contribution in [-0.4, -0.2) is 68.1 Å². The minimum Gasteiger partial charge on any atom is -0.459 e. The molecule has 4 rings (SSSR count). The van der Waals surface area contributed by atoms with Gasteiger partial charge in [0, 0.05) is 31.7 Å². The summed E-state index contributed by atoms with van der Waals surface area (Å²) >= 11 is 0. The van der Waals surface area contributed by atoms with E-state index < -0.39 is 28.4 Å². The molecule has 2 aromatic rings. The van der Waals surface area contributed by atoms with Crippen molar-refractivity contribution in [1.29, 1.82) is 0 Å². The molecule has 0 N–H and O–H groups in total. The van der Waals surface area contributed by atoms with Gasteiger partial charge in [0.1, 0.15) is 0 Å². The Bertz CT molecular complexity index is 1100. The molecule has 176 valence electrons. The third kappa shape index (κ3) is 5.17. The van der Waals surface area contributed by atoms with Crippen molar-refractivity contribution >= 4 is 27.7 Å². The Morgan fingerprint density at radius 1 is 0.970 bits per heavy atom. The largest absolute Gasteiger partial charge is 0.459 e. The first-order valence-electron chi connectivity index (χ1n) is 11.0. The number of rotatable bonds is 7. The lowest BCUT2D eigenvalue weighted by Gasteiger charge is -2.30. The molecule has 0 atom stereocenters. The van der Waals surface area contributed by atoms with Crippen molar-refractivity contribution in [2.45, 2.75) is 30.6 Å². The molecule has 9 nitrogen and oxygen atoms in total. The van der Waals surface area contributed by atoms with E-state index in [2.05, 4.69) is 0 Å². The lowest BCUT2D eigenvalue weighted by atomic mass is 9.97. The van der Waals surface area contributed by atoms with E-state index in [1.807, 2.05) is 0 Å². The number of ketones is 1. The maximum absolute atomic E-state index is 12.6. The van der Waals surface area contributed by atoms with Crippen LogP contribution in [0.1, 0.15) is 46.6 Å². The van der Waals surface area contributed by atoms with E-state index in [9.17, 15) is 22.8 Å². The van der Waals surface area contributed by atoms with E-state index >= 15 is 0 Å². The zero-order valence-corrected chi connectivity index (χ0v) is 19.0. The van der Waals surface area contributed by atoms with Gasteiger partial charge in [0.05, 0.1) is 17.1 Å². The van der Waals surface area contributed by atoms with Crippen LogP contribution in [0.25, 0.3) is 0 Å². The maximum Gasteiger partial charge on any atom is 0.309 e. The van der Waals surface area contributed by atoms with Crippen LogP contribution in [0.3, 0.4) is 0 Å². The van der Waals surface area contributed by atoms with E-state index in [-0.39, 0.29) is 28.0 Å². The molecule has 0 saturated carbocycles. The number of esters is 1. The average molecular weight is 475 g/mol. The van der Waals surface area contributed by atoms with Gasteiger partial charge < -0.3 is 14.1 Å². The number of likely N-dealkylation sites (tertiary alicyclic amines) is 1. The number of hydrogen-bond acceptors (Lipinski definition) is 7. The van der Waals surface area contributed by atoms with Crippen molar-refractivity contribution in [3.63, 3.8) is 0 Å². The second-order valence-corrected chi connectivity index (χ2v) is 10.1.